The third-order valence-corrected chi connectivity index (χ3v) is 6.91. The van der Waals surface area contributed by atoms with Gasteiger partial charge in [-0.25, -0.2) is 14.1 Å². The number of β-lactam (4-membered cyclic amide) rings is 1. The number of carbonyl (C=O) groups is 3. The van der Waals surface area contributed by atoms with Gasteiger partial charge in [0.05, 0.1) is 10.9 Å². The maximum Gasteiger partial charge on any atom is 0.407 e. The number of nitrogens with two attached hydrogens (primary N) is 1. The van der Waals surface area contributed by atoms with Crippen LogP contribution in [-0.2, 0) is 29.5 Å². The first-order valence-corrected chi connectivity index (χ1v) is 13.1. The first kappa shape index (κ1) is 27.6. The van der Waals surface area contributed by atoms with Crippen LogP contribution in [0.5, 0.6) is 0 Å². The number of hydrogen-bond acceptors (Lipinski definition) is 12. The van der Waals surface area contributed by atoms with Gasteiger partial charge in [0.1, 0.15) is 18.8 Å². The van der Waals surface area contributed by atoms with Crippen molar-refractivity contribution in [3.63, 3.8) is 0 Å². The molecular weight excluding hydrogens is 512 g/mol. The Morgan fingerprint density at radius 3 is 2.62 bits per heavy atom. The fourth-order valence-corrected chi connectivity index (χ4v) is 5.40. The molecule has 0 radical (unpaired) electrons. The minimum atomic E-state index is -4.84. The van der Waals surface area contributed by atoms with Crippen molar-refractivity contribution < 1.29 is 36.9 Å². The average Bonchev–Trinajstić information content (AvgIpc) is 3.12. The molecule has 17 heteroatoms. The molecule has 0 bridgehead atoms. The Hall–Kier alpha value is -2.63. The van der Waals surface area contributed by atoms with Gasteiger partial charge in [-0.05, 0) is 20.8 Å². The van der Waals surface area contributed by atoms with Gasteiger partial charge in [0, 0.05) is 24.2 Å². The Balaban J connectivity index is 2.01. The second-order valence-electron chi connectivity index (χ2n) is 7.82. The lowest BCUT2D eigenvalue weighted by Crippen LogP contribution is -2.73. The van der Waals surface area contributed by atoms with E-state index in [1.165, 1.54) is 25.1 Å². The number of nitrogen functional groups attached to an aromatic ring is 1. The van der Waals surface area contributed by atoms with E-state index in [9.17, 15) is 27.4 Å². The number of ether oxygens (including phenoxy) is 1. The summed E-state index contributed by atoms with van der Waals surface area (Å²) >= 11 is 2.16. The van der Waals surface area contributed by atoms with E-state index in [1.807, 2.05) is 0 Å². The molecule has 1 saturated heterocycles. The Kier molecular flexibility index (Phi) is 9.09. The molecule has 0 saturated carbocycles. The second kappa shape index (κ2) is 11.2. The molecule has 3 amide bonds. The summed E-state index contributed by atoms with van der Waals surface area (Å²) in [6.07, 6.45) is 0.695. The van der Waals surface area contributed by atoms with Crippen LogP contribution in [0, 0.1) is 0 Å². The first-order valence-electron chi connectivity index (χ1n) is 9.73. The Morgan fingerprint density at radius 2 is 2.09 bits per heavy atom. The Morgan fingerprint density at radius 1 is 1.41 bits per heavy atom. The highest BCUT2D eigenvalue weighted by atomic mass is 32.2. The summed E-state index contributed by atoms with van der Waals surface area (Å²) in [5.74, 6) is -1.44. The van der Waals surface area contributed by atoms with Crippen LogP contribution in [0.15, 0.2) is 11.4 Å². The number of anilines is 1. The van der Waals surface area contributed by atoms with Crippen molar-refractivity contribution in [3.05, 3.63) is 11.1 Å². The molecule has 2 rings (SSSR count). The van der Waals surface area contributed by atoms with Gasteiger partial charge in [0.25, 0.3) is 11.8 Å². The van der Waals surface area contributed by atoms with Crippen molar-refractivity contribution in [3.8, 4) is 0 Å². The smallest absolute Gasteiger partial charge is 0.407 e. The molecule has 0 aliphatic carbocycles. The zero-order valence-corrected chi connectivity index (χ0v) is 21.3. The number of carbonyl (C=O) groups excluding carboxylic acids is 3. The minimum Gasteiger partial charge on any atom is -0.444 e. The standard InChI is InChI=1S/C17H26N6O8S3/c1-17(2,3)31-16(26)19-5-6-32-8-9-11(14(25)23(9)34(27,28)29)21-13(24)12(22-30-4)10-7-20-15(18)33-10/h7,9,11H,5-6,8H2,1-4H3,(H2,18,20)(H,19,26)(H,21,24)(H,27,28,29)/b22-12-/t9-,11-/m0/s1. The summed E-state index contributed by atoms with van der Waals surface area (Å²) in [5.41, 5.74) is 4.72. The van der Waals surface area contributed by atoms with Gasteiger partial charge < -0.3 is 25.9 Å². The summed E-state index contributed by atoms with van der Waals surface area (Å²) in [5, 5.41) is 8.78. The number of thiazole rings is 1. The van der Waals surface area contributed by atoms with E-state index in [2.05, 4.69) is 25.6 Å². The minimum absolute atomic E-state index is 0.0384. The highest BCUT2D eigenvalue weighted by Gasteiger charge is 2.54. The Bertz CT molecular complexity index is 1050. The number of thioether (sulfide) groups is 1. The van der Waals surface area contributed by atoms with Crippen molar-refractivity contribution in [1.29, 1.82) is 0 Å². The summed E-state index contributed by atoms with van der Waals surface area (Å²) < 4.78 is 38.1. The van der Waals surface area contributed by atoms with E-state index in [-0.39, 0.29) is 28.0 Å². The highest BCUT2D eigenvalue weighted by molar-refractivity contribution is 7.99. The quantitative estimate of drug-likeness (QED) is 0.101. The summed E-state index contributed by atoms with van der Waals surface area (Å²) in [6, 6.07) is -2.30. The molecular formula is C17H26N6O8S3. The van der Waals surface area contributed by atoms with E-state index in [4.69, 9.17) is 10.5 Å². The summed E-state index contributed by atoms with van der Waals surface area (Å²) in [4.78, 5) is 45.5. The molecule has 14 nitrogen and oxygen atoms in total. The van der Waals surface area contributed by atoms with Gasteiger partial charge in [-0.2, -0.15) is 20.2 Å². The normalized spacial score (nSPS) is 18.8. The van der Waals surface area contributed by atoms with Crippen LogP contribution in [0.3, 0.4) is 0 Å². The SMILES string of the molecule is CO/N=C(\C(=O)N[C@@H]1C(=O)N(S(=O)(=O)O)[C@H]1CSCCNC(=O)OC(C)(C)C)c1cnc(N)s1. The fraction of sp³-hybridized carbons (Fsp3) is 0.588. The van der Waals surface area contributed by atoms with Crippen molar-refractivity contribution >= 4 is 62.2 Å². The lowest BCUT2D eigenvalue weighted by molar-refractivity contribution is -0.143. The van der Waals surface area contributed by atoms with Crippen LogP contribution in [-0.4, -0.2) is 88.7 Å². The van der Waals surface area contributed by atoms with Crippen LogP contribution in [0.1, 0.15) is 25.6 Å². The van der Waals surface area contributed by atoms with Crippen LogP contribution in [0.2, 0.25) is 0 Å². The van der Waals surface area contributed by atoms with Crippen molar-refractivity contribution in [1.82, 2.24) is 19.9 Å². The van der Waals surface area contributed by atoms with Crippen LogP contribution in [0.4, 0.5) is 9.93 Å². The van der Waals surface area contributed by atoms with Gasteiger partial charge in [-0.1, -0.05) is 16.5 Å². The van der Waals surface area contributed by atoms with E-state index in [0.29, 0.717) is 10.1 Å². The van der Waals surface area contributed by atoms with Crippen molar-refractivity contribution in [2.24, 2.45) is 5.16 Å². The van der Waals surface area contributed by atoms with Crippen LogP contribution in [0.25, 0.3) is 0 Å². The maximum atomic E-state index is 12.7. The topological polar surface area (TPSA) is 203 Å². The number of nitrogens with one attached hydrogen (secondary N) is 2. The van der Waals surface area contributed by atoms with Gasteiger partial charge in [-0.3, -0.25) is 14.1 Å². The monoisotopic (exact) mass is 538 g/mol. The number of amides is 3. The van der Waals surface area contributed by atoms with Gasteiger partial charge in [0.2, 0.25) is 0 Å². The number of nitrogens with zero attached hydrogens (tertiary/aromatic N) is 3. The third-order valence-electron chi connectivity index (χ3n) is 4.06. The largest absolute Gasteiger partial charge is 0.444 e. The summed E-state index contributed by atoms with van der Waals surface area (Å²) in [6.45, 7) is 5.38. The van der Waals surface area contributed by atoms with E-state index in [1.54, 1.807) is 20.8 Å². The third kappa shape index (κ3) is 7.44. The van der Waals surface area contributed by atoms with E-state index >= 15 is 0 Å². The maximum absolute atomic E-state index is 12.7. The van der Waals surface area contributed by atoms with Crippen molar-refractivity contribution in [2.75, 3.05) is 30.9 Å². The molecule has 34 heavy (non-hydrogen) atoms. The first-order chi connectivity index (χ1) is 15.7. The number of hydrogen-bond donors (Lipinski definition) is 4. The van der Waals surface area contributed by atoms with E-state index in [0.717, 1.165) is 11.3 Å². The van der Waals surface area contributed by atoms with Crippen LogP contribution >= 0.6 is 23.1 Å². The predicted octanol–water partition coefficient (Wildman–Crippen LogP) is -0.168. The molecule has 190 valence electrons. The molecule has 1 aliphatic heterocycles. The van der Waals surface area contributed by atoms with Crippen LogP contribution < -0.4 is 16.4 Å². The van der Waals surface area contributed by atoms with Gasteiger partial charge in [-0.15, -0.1) is 0 Å². The molecule has 2 atom stereocenters. The molecule has 0 unspecified atom stereocenters. The molecule has 1 aromatic rings. The number of aromatic nitrogens is 1. The second-order valence-corrected chi connectivity index (χ2v) is 11.3. The summed E-state index contributed by atoms with van der Waals surface area (Å²) in [7, 11) is -3.62. The zero-order chi connectivity index (χ0) is 25.7. The Labute approximate surface area is 204 Å². The molecule has 0 aromatic carbocycles. The molecule has 0 spiro atoms. The highest BCUT2D eigenvalue weighted by Crippen LogP contribution is 2.27. The van der Waals surface area contributed by atoms with E-state index < -0.39 is 45.9 Å². The number of rotatable bonds is 10. The lowest BCUT2D eigenvalue weighted by atomic mass is 10.0. The zero-order valence-electron chi connectivity index (χ0n) is 18.8. The predicted molar refractivity (Wildman–Crippen MR) is 126 cm³/mol. The number of alkyl carbamates (subject to hydrolysis) is 1. The molecule has 5 N–H and O–H groups in total. The van der Waals surface area contributed by atoms with Crippen molar-refractivity contribution in [2.45, 2.75) is 38.5 Å². The fourth-order valence-electron chi connectivity index (χ4n) is 2.76. The molecule has 2 heterocycles. The molecule has 1 aromatic heterocycles. The van der Waals surface area contributed by atoms with Gasteiger partial charge in [0.15, 0.2) is 10.8 Å². The molecule has 1 aliphatic rings. The average molecular weight is 539 g/mol. The van der Waals surface area contributed by atoms with Gasteiger partial charge >= 0.3 is 16.4 Å². The molecule has 1 fully saturated rings. The lowest BCUT2D eigenvalue weighted by Gasteiger charge is -2.44. The number of oxime groups is 1.